The predicted octanol–water partition coefficient (Wildman–Crippen LogP) is 3.57. The summed E-state index contributed by atoms with van der Waals surface area (Å²) in [6.45, 7) is 2.28. The summed E-state index contributed by atoms with van der Waals surface area (Å²) in [5.74, 6) is 0.599. The van der Waals surface area contributed by atoms with Gasteiger partial charge in [0, 0.05) is 18.6 Å². The highest BCUT2D eigenvalue weighted by atomic mass is 32.2. The Balaban J connectivity index is 2.30. The van der Waals surface area contributed by atoms with E-state index in [1.165, 1.54) is 11.8 Å². The average molecular weight is 309 g/mol. The van der Waals surface area contributed by atoms with Gasteiger partial charge in [-0.3, -0.25) is 0 Å². The molecule has 0 unspecified atom stereocenters. The molecule has 4 nitrogen and oxygen atoms in total. The van der Waals surface area contributed by atoms with Crippen LogP contribution < -0.4 is 0 Å². The first-order valence-electron chi connectivity index (χ1n) is 6.70. The van der Waals surface area contributed by atoms with Gasteiger partial charge in [-0.2, -0.15) is 10.5 Å². The Morgan fingerprint density at radius 1 is 1.18 bits per heavy atom. The lowest BCUT2D eigenvalue weighted by molar-refractivity contribution is 0.184. The van der Waals surface area contributed by atoms with Gasteiger partial charge in [-0.1, -0.05) is 18.2 Å². The highest BCUT2D eigenvalue weighted by Gasteiger charge is 2.13. The van der Waals surface area contributed by atoms with E-state index in [0.717, 1.165) is 16.8 Å². The van der Waals surface area contributed by atoms with E-state index in [2.05, 4.69) is 17.1 Å². The number of benzene rings is 1. The number of thioether (sulfide) groups is 1. The molecule has 0 aliphatic rings. The van der Waals surface area contributed by atoms with E-state index in [1.54, 1.807) is 13.2 Å². The molecule has 1 heterocycles. The number of rotatable bonds is 5. The zero-order valence-electron chi connectivity index (χ0n) is 12.5. The quantitative estimate of drug-likeness (QED) is 0.790. The molecule has 0 amide bonds. The Labute approximate surface area is 134 Å². The minimum Gasteiger partial charge on any atom is -0.380 e. The molecule has 0 spiro atoms. The van der Waals surface area contributed by atoms with Crippen LogP contribution in [0.15, 0.2) is 35.4 Å². The van der Waals surface area contributed by atoms with Gasteiger partial charge in [0.05, 0.1) is 23.8 Å². The molecule has 1 aromatic heterocycles. The van der Waals surface area contributed by atoms with Crippen molar-refractivity contribution >= 4 is 11.8 Å². The number of pyridine rings is 1. The van der Waals surface area contributed by atoms with E-state index in [-0.39, 0.29) is 0 Å². The summed E-state index contributed by atoms with van der Waals surface area (Å²) in [7, 11) is 1.60. The molecule has 0 N–H and O–H groups in total. The zero-order valence-corrected chi connectivity index (χ0v) is 13.3. The first kappa shape index (κ1) is 16.0. The monoisotopic (exact) mass is 309 g/mol. The van der Waals surface area contributed by atoms with Crippen molar-refractivity contribution in [2.75, 3.05) is 7.11 Å². The van der Waals surface area contributed by atoms with Crippen LogP contribution in [0.5, 0.6) is 0 Å². The Morgan fingerprint density at radius 2 is 1.95 bits per heavy atom. The fourth-order valence-corrected chi connectivity index (χ4v) is 3.18. The maximum Gasteiger partial charge on any atom is 0.115 e. The lowest BCUT2D eigenvalue weighted by Crippen LogP contribution is -2.00. The second-order valence-corrected chi connectivity index (χ2v) is 5.67. The molecule has 110 valence electrons. The van der Waals surface area contributed by atoms with Crippen molar-refractivity contribution in [2.45, 2.75) is 24.3 Å². The first-order valence-corrected chi connectivity index (χ1v) is 7.68. The molecule has 0 aliphatic heterocycles. The summed E-state index contributed by atoms with van der Waals surface area (Å²) in [4.78, 5) is 4.46. The molecule has 1 aromatic carbocycles. The summed E-state index contributed by atoms with van der Waals surface area (Å²) in [6, 6.07) is 13.7. The lowest BCUT2D eigenvalue weighted by Gasteiger charge is -2.10. The molecule has 0 aliphatic carbocycles. The minimum absolute atomic E-state index is 0.384. The third-order valence-corrected chi connectivity index (χ3v) is 4.13. The van der Waals surface area contributed by atoms with E-state index >= 15 is 0 Å². The largest absolute Gasteiger partial charge is 0.380 e. The zero-order chi connectivity index (χ0) is 15.9. The minimum atomic E-state index is 0.384. The second kappa shape index (κ2) is 7.61. The normalized spacial score (nSPS) is 10.0. The van der Waals surface area contributed by atoms with Gasteiger partial charge in [0.2, 0.25) is 0 Å². The number of nitriles is 2. The van der Waals surface area contributed by atoms with Gasteiger partial charge in [0.15, 0.2) is 0 Å². The van der Waals surface area contributed by atoms with Gasteiger partial charge >= 0.3 is 0 Å². The Hall–Kier alpha value is -2.34. The molecule has 0 radical (unpaired) electrons. The van der Waals surface area contributed by atoms with Gasteiger partial charge < -0.3 is 4.74 Å². The standard InChI is InChI=1S/C17H15N3OS/c1-12-7-15(10-21-2)16(9-19)17(20-12)22-11-14-6-4-3-5-13(14)8-18/h3-7H,10-11H2,1-2H3. The fourth-order valence-electron chi connectivity index (χ4n) is 2.10. The molecule has 0 saturated carbocycles. The van der Waals surface area contributed by atoms with Crippen LogP contribution in [-0.4, -0.2) is 12.1 Å². The van der Waals surface area contributed by atoms with E-state index < -0.39 is 0 Å². The van der Waals surface area contributed by atoms with Crippen LogP contribution in [-0.2, 0) is 17.1 Å². The average Bonchev–Trinajstić information content (AvgIpc) is 2.53. The Morgan fingerprint density at radius 3 is 2.64 bits per heavy atom. The highest BCUT2D eigenvalue weighted by Crippen LogP contribution is 2.28. The summed E-state index contributed by atoms with van der Waals surface area (Å²) in [5.41, 5.74) is 3.83. The molecule has 0 saturated heterocycles. The molecule has 2 rings (SSSR count). The first-order chi connectivity index (χ1) is 10.7. The molecule has 0 bridgehead atoms. The summed E-state index contributed by atoms with van der Waals surface area (Å²) < 4.78 is 5.15. The maximum absolute atomic E-state index is 9.40. The van der Waals surface area contributed by atoms with Crippen LogP contribution in [0.3, 0.4) is 0 Å². The van der Waals surface area contributed by atoms with E-state index in [9.17, 15) is 5.26 Å². The smallest absolute Gasteiger partial charge is 0.115 e. The molecular formula is C17H15N3OS. The van der Waals surface area contributed by atoms with Crippen LogP contribution in [0, 0.1) is 29.6 Å². The van der Waals surface area contributed by atoms with Gasteiger partial charge in [0.1, 0.15) is 11.1 Å². The SMILES string of the molecule is COCc1cc(C)nc(SCc2ccccc2C#N)c1C#N. The fraction of sp³-hybridized carbons (Fsp3) is 0.235. The number of aryl methyl sites for hydroxylation is 1. The van der Waals surface area contributed by atoms with Crippen LogP contribution in [0.25, 0.3) is 0 Å². The van der Waals surface area contributed by atoms with Crippen molar-refractivity contribution in [2.24, 2.45) is 0 Å². The van der Waals surface area contributed by atoms with Crippen LogP contribution >= 0.6 is 11.8 Å². The number of ether oxygens (including phenoxy) is 1. The maximum atomic E-state index is 9.40. The highest BCUT2D eigenvalue weighted by molar-refractivity contribution is 7.98. The number of methoxy groups -OCH3 is 1. The van der Waals surface area contributed by atoms with Crippen molar-refractivity contribution in [3.63, 3.8) is 0 Å². The number of aromatic nitrogens is 1. The molecule has 0 fully saturated rings. The topological polar surface area (TPSA) is 69.7 Å². The van der Waals surface area contributed by atoms with E-state index in [0.29, 0.717) is 28.5 Å². The van der Waals surface area contributed by atoms with Gasteiger partial charge in [-0.25, -0.2) is 4.98 Å². The Bertz CT molecular complexity index is 759. The molecule has 22 heavy (non-hydrogen) atoms. The molecule has 2 aromatic rings. The third-order valence-electron chi connectivity index (χ3n) is 3.11. The van der Waals surface area contributed by atoms with E-state index in [1.807, 2.05) is 31.2 Å². The Kier molecular flexibility index (Phi) is 5.55. The molecule has 5 heteroatoms. The number of nitrogens with zero attached hydrogens (tertiary/aromatic N) is 3. The van der Waals surface area contributed by atoms with Crippen LogP contribution in [0.4, 0.5) is 0 Å². The molecular weight excluding hydrogens is 294 g/mol. The summed E-state index contributed by atoms with van der Waals surface area (Å²) in [6.07, 6.45) is 0. The van der Waals surface area contributed by atoms with Gasteiger partial charge in [-0.05, 0) is 30.2 Å². The predicted molar refractivity (Wildman–Crippen MR) is 85.1 cm³/mol. The number of hydrogen-bond acceptors (Lipinski definition) is 5. The molecule has 0 atom stereocenters. The van der Waals surface area contributed by atoms with Crippen molar-refractivity contribution in [3.8, 4) is 12.1 Å². The summed E-state index contributed by atoms with van der Waals surface area (Å²) in [5, 5.41) is 19.2. The number of hydrogen-bond donors (Lipinski definition) is 0. The van der Waals surface area contributed by atoms with Crippen LogP contribution in [0.1, 0.15) is 27.9 Å². The van der Waals surface area contributed by atoms with Gasteiger partial charge in [-0.15, -0.1) is 11.8 Å². The third kappa shape index (κ3) is 3.65. The van der Waals surface area contributed by atoms with Gasteiger partial charge in [0.25, 0.3) is 0 Å². The lowest BCUT2D eigenvalue weighted by atomic mass is 10.1. The summed E-state index contributed by atoms with van der Waals surface area (Å²) >= 11 is 1.47. The van der Waals surface area contributed by atoms with Crippen molar-refractivity contribution in [1.82, 2.24) is 4.98 Å². The second-order valence-electron chi connectivity index (χ2n) is 4.71. The van der Waals surface area contributed by atoms with E-state index in [4.69, 9.17) is 10.00 Å². The van der Waals surface area contributed by atoms with Crippen molar-refractivity contribution in [1.29, 1.82) is 10.5 Å². The van der Waals surface area contributed by atoms with Crippen LogP contribution in [0.2, 0.25) is 0 Å². The van der Waals surface area contributed by atoms with Crippen molar-refractivity contribution in [3.05, 3.63) is 58.3 Å². The van der Waals surface area contributed by atoms with Crippen molar-refractivity contribution < 1.29 is 4.74 Å².